The lowest BCUT2D eigenvalue weighted by molar-refractivity contribution is -0.141. The van der Waals surface area contributed by atoms with Crippen LogP contribution < -0.4 is 16.3 Å². The highest BCUT2D eigenvalue weighted by molar-refractivity contribution is 6.03. The van der Waals surface area contributed by atoms with Crippen LogP contribution >= 0.6 is 0 Å². The molecule has 56 heavy (non-hydrogen) atoms. The van der Waals surface area contributed by atoms with Crippen LogP contribution in [0.2, 0.25) is 0 Å². The Morgan fingerprint density at radius 2 is 1.80 bits per heavy atom. The van der Waals surface area contributed by atoms with Crippen molar-refractivity contribution in [3.8, 4) is 0 Å². The van der Waals surface area contributed by atoms with Crippen LogP contribution in [-0.4, -0.2) is 77.1 Å². The first-order valence-electron chi connectivity index (χ1n) is 18.5. The van der Waals surface area contributed by atoms with E-state index in [0.717, 1.165) is 37.3 Å². The van der Waals surface area contributed by atoms with Gasteiger partial charge in [0.15, 0.2) is 5.69 Å². The van der Waals surface area contributed by atoms with Crippen molar-refractivity contribution in [3.05, 3.63) is 82.4 Å². The lowest BCUT2D eigenvalue weighted by atomic mass is 9.83. The summed E-state index contributed by atoms with van der Waals surface area (Å²) in [7, 11) is 1.52. The fourth-order valence-electron chi connectivity index (χ4n) is 8.60. The number of fused-ring (bicyclic) bond motifs is 2. The van der Waals surface area contributed by atoms with E-state index in [-0.39, 0.29) is 31.2 Å². The van der Waals surface area contributed by atoms with Crippen LogP contribution in [-0.2, 0) is 22.8 Å². The summed E-state index contributed by atoms with van der Waals surface area (Å²) in [5.74, 6) is -5.81. The van der Waals surface area contributed by atoms with E-state index in [1.165, 1.54) is 16.2 Å². The van der Waals surface area contributed by atoms with Gasteiger partial charge in [-0.15, -0.1) is 0 Å². The van der Waals surface area contributed by atoms with Gasteiger partial charge in [0.05, 0.1) is 47.4 Å². The Kier molecular flexibility index (Phi) is 9.49. The predicted molar refractivity (Wildman–Crippen MR) is 193 cm³/mol. The van der Waals surface area contributed by atoms with Gasteiger partial charge in [0.2, 0.25) is 11.8 Å². The molecular formula is C38H38F5N9O4. The van der Waals surface area contributed by atoms with E-state index in [4.69, 9.17) is 5.10 Å². The predicted octanol–water partition coefficient (Wildman–Crippen LogP) is 5.58. The number of aromatic nitrogens is 6. The normalized spacial score (nSPS) is 23.4. The minimum Gasteiger partial charge on any atom is -0.321 e. The second kappa shape index (κ2) is 14.2. The molecule has 18 heteroatoms. The van der Waals surface area contributed by atoms with Crippen molar-refractivity contribution in [2.75, 3.05) is 25.0 Å². The van der Waals surface area contributed by atoms with Crippen LogP contribution in [0.5, 0.6) is 0 Å². The van der Waals surface area contributed by atoms with Gasteiger partial charge in [-0.25, -0.2) is 18.6 Å². The van der Waals surface area contributed by atoms with Crippen LogP contribution in [0, 0.1) is 5.92 Å². The number of halogens is 5. The van der Waals surface area contributed by atoms with Crippen LogP contribution in [0.3, 0.4) is 0 Å². The number of likely N-dealkylation sites (tertiary alicyclic amines) is 1. The van der Waals surface area contributed by atoms with E-state index in [0.29, 0.717) is 47.1 Å². The molecular weight excluding hydrogens is 741 g/mol. The van der Waals surface area contributed by atoms with Gasteiger partial charge in [-0.2, -0.15) is 18.3 Å². The molecule has 0 spiro atoms. The second-order valence-electron chi connectivity index (χ2n) is 15.0. The Morgan fingerprint density at radius 1 is 1.02 bits per heavy atom. The first kappa shape index (κ1) is 37.4. The van der Waals surface area contributed by atoms with Crippen LogP contribution in [0.15, 0.2) is 59.8 Å². The van der Waals surface area contributed by atoms with Crippen LogP contribution in [0.4, 0.5) is 27.6 Å². The summed E-state index contributed by atoms with van der Waals surface area (Å²) in [6.45, 7) is 0.575. The Morgan fingerprint density at radius 3 is 2.54 bits per heavy atom. The number of carbonyl (C=O) groups is 3. The number of piperidine rings is 2. The summed E-state index contributed by atoms with van der Waals surface area (Å²) < 4.78 is 75.8. The number of nitrogens with one attached hydrogen (secondary N) is 2. The molecule has 2 aromatic carbocycles. The van der Waals surface area contributed by atoms with Gasteiger partial charge in [0.1, 0.15) is 11.7 Å². The lowest BCUT2D eigenvalue weighted by Gasteiger charge is -2.41. The third-order valence-electron chi connectivity index (χ3n) is 11.4. The molecule has 13 nitrogen and oxygen atoms in total. The topological polar surface area (TPSA) is 149 Å². The van der Waals surface area contributed by atoms with Crippen molar-refractivity contribution in [1.29, 1.82) is 0 Å². The molecule has 3 fully saturated rings. The number of imidazole rings is 1. The largest absolute Gasteiger partial charge is 0.434 e. The van der Waals surface area contributed by atoms with Crippen molar-refractivity contribution in [3.63, 3.8) is 0 Å². The first-order chi connectivity index (χ1) is 26.7. The standard InChI is InChI=1S/C38H38F5N9O4/c1-49-33-25(3-2-4-29(33)52(36(49)56)30-11-12-32(53)47-35(30)55)26-13-14-50(20-37(26,39)40)18-21-5-8-24(9-6-21)51-19-22-15-23(7-10-27(22)48-51)45-34(54)28-16-44-17-31(46-28)38(41,42)43/h2-4,7,10,15-17,19,21,24,26,30H,5-6,8-9,11-14,18,20H2,1H3,(H,45,54)(H,47,53,55)/t21?,24?,26-,30-/m0/s1. The van der Waals surface area contributed by atoms with E-state index in [1.807, 2.05) is 15.8 Å². The number of para-hydroxylation sites is 1. The number of hydrogen-bond donors (Lipinski definition) is 2. The van der Waals surface area contributed by atoms with Gasteiger partial charge < -0.3 is 5.32 Å². The number of hydrogen-bond acceptors (Lipinski definition) is 8. The number of carbonyl (C=O) groups excluding carboxylic acids is 3. The quantitative estimate of drug-likeness (QED) is 0.161. The number of amides is 3. The monoisotopic (exact) mass is 779 g/mol. The van der Waals surface area contributed by atoms with Gasteiger partial charge in [0.25, 0.3) is 11.8 Å². The summed E-state index contributed by atoms with van der Waals surface area (Å²) in [5.41, 5.74) is -0.0651. The van der Waals surface area contributed by atoms with Crippen LogP contribution in [0.1, 0.15) is 84.7 Å². The molecule has 2 aliphatic heterocycles. The Labute approximate surface area is 315 Å². The molecule has 2 saturated heterocycles. The number of aryl methyl sites for hydroxylation is 1. The molecule has 3 aliphatic rings. The number of alkyl halides is 5. The first-order valence-corrected chi connectivity index (χ1v) is 18.5. The summed E-state index contributed by atoms with van der Waals surface area (Å²) >= 11 is 0. The average Bonchev–Trinajstić information content (AvgIpc) is 3.69. The van der Waals surface area contributed by atoms with Gasteiger partial charge in [-0.05, 0) is 80.8 Å². The van der Waals surface area contributed by atoms with Gasteiger partial charge in [0, 0.05) is 37.3 Å². The average molecular weight is 780 g/mol. The molecule has 1 aliphatic carbocycles. The smallest absolute Gasteiger partial charge is 0.321 e. The Balaban J connectivity index is 0.889. The number of nitrogens with zero attached hydrogens (tertiary/aromatic N) is 7. The summed E-state index contributed by atoms with van der Waals surface area (Å²) in [5, 5.41) is 10.3. The molecule has 1 saturated carbocycles. The summed E-state index contributed by atoms with van der Waals surface area (Å²) in [4.78, 5) is 59.1. The maximum atomic E-state index is 16.1. The molecule has 8 rings (SSSR count). The van der Waals surface area contributed by atoms with Crippen molar-refractivity contribution in [1.82, 2.24) is 39.1 Å². The zero-order valence-corrected chi connectivity index (χ0v) is 30.2. The molecule has 0 radical (unpaired) electrons. The number of rotatable bonds is 7. The van der Waals surface area contributed by atoms with E-state index in [1.54, 1.807) is 36.4 Å². The van der Waals surface area contributed by atoms with Crippen molar-refractivity contribution < 1.29 is 36.3 Å². The fraction of sp³-hybridized carbons (Fsp3) is 0.447. The maximum absolute atomic E-state index is 16.1. The zero-order valence-electron chi connectivity index (χ0n) is 30.2. The summed E-state index contributed by atoms with van der Waals surface area (Å²) in [6, 6.07) is 9.11. The fourth-order valence-corrected chi connectivity index (χ4v) is 8.60. The minimum atomic E-state index is -4.74. The van der Waals surface area contributed by atoms with E-state index in [9.17, 15) is 32.3 Å². The molecule has 3 amide bonds. The second-order valence-corrected chi connectivity index (χ2v) is 15.0. The van der Waals surface area contributed by atoms with Gasteiger partial charge in [-0.3, -0.25) is 43.4 Å². The molecule has 0 bridgehead atoms. The maximum Gasteiger partial charge on any atom is 0.434 e. The molecule has 5 aromatic rings. The molecule has 5 heterocycles. The molecule has 2 N–H and O–H groups in total. The Hall–Kier alpha value is -5.52. The highest BCUT2D eigenvalue weighted by Crippen LogP contribution is 2.44. The number of anilines is 1. The number of imide groups is 1. The van der Waals surface area contributed by atoms with Gasteiger partial charge >= 0.3 is 11.9 Å². The SMILES string of the molecule is Cn1c(=O)n([C@H]2CCC(=O)NC2=O)c2cccc([C@@H]3CCN(CC4CCC(n5cc6cc(NC(=O)c7cncc(C(F)(F)F)n7)ccc6n5)CC4)CC3(F)F)c21. The van der Waals surface area contributed by atoms with E-state index >= 15 is 8.78 Å². The zero-order chi connectivity index (χ0) is 39.5. The lowest BCUT2D eigenvalue weighted by Crippen LogP contribution is -2.49. The van der Waals surface area contributed by atoms with Crippen molar-refractivity contribution in [2.45, 2.75) is 75.0 Å². The van der Waals surface area contributed by atoms with Crippen LogP contribution in [0.25, 0.3) is 21.9 Å². The molecule has 3 aromatic heterocycles. The van der Waals surface area contributed by atoms with E-state index < -0.39 is 65.4 Å². The third kappa shape index (κ3) is 7.05. The highest BCUT2D eigenvalue weighted by atomic mass is 19.4. The van der Waals surface area contributed by atoms with Crippen molar-refractivity contribution in [2.24, 2.45) is 13.0 Å². The molecule has 2 atom stereocenters. The molecule has 294 valence electrons. The minimum absolute atomic E-state index is 0.0801. The van der Waals surface area contributed by atoms with Gasteiger partial charge in [-0.1, -0.05) is 12.1 Å². The summed E-state index contributed by atoms with van der Waals surface area (Å²) in [6.07, 6.45) is 2.29. The third-order valence-corrected chi connectivity index (χ3v) is 11.4. The molecule has 0 unspecified atom stereocenters. The Bertz CT molecular complexity index is 2410. The number of benzene rings is 2. The highest BCUT2D eigenvalue weighted by Gasteiger charge is 2.47. The van der Waals surface area contributed by atoms with Crippen molar-refractivity contribution >= 4 is 45.3 Å². The van der Waals surface area contributed by atoms with E-state index in [2.05, 4.69) is 20.6 Å².